The van der Waals surface area contributed by atoms with Gasteiger partial charge in [-0.1, -0.05) is 31.0 Å². The fourth-order valence-electron chi connectivity index (χ4n) is 2.03. The van der Waals surface area contributed by atoms with Gasteiger partial charge in [-0.25, -0.2) is 9.38 Å². The van der Waals surface area contributed by atoms with Gasteiger partial charge in [0.15, 0.2) is 0 Å². The number of halogens is 1. The van der Waals surface area contributed by atoms with Crippen LogP contribution in [0.4, 0.5) is 10.1 Å². The zero-order chi connectivity index (χ0) is 21.1. The van der Waals surface area contributed by atoms with E-state index in [9.17, 15) is 4.39 Å². The van der Waals surface area contributed by atoms with Crippen LogP contribution in [0, 0.1) is 5.82 Å². The van der Waals surface area contributed by atoms with Crippen molar-refractivity contribution in [3.8, 4) is 0 Å². The molecule has 0 fully saturated rings. The third kappa shape index (κ3) is 8.50. The molecule has 150 valence electrons. The Kier molecular flexibility index (Phi) is 9.45. The predicted octanol–water partition coefficient (Wildman–Crippen LogP) is 3.31. The molecule has 1 rings (SSSR count). The van der Waals surface area contributed by atoms with Crippen LogP contribution in [-0.2, 0) is 0 Å². The van der Waals surface area contributed by atoms with E-state index in [0.717, 1.165) is 4.91 Å². The average Bonchev–Trinajstić information content (AvgIpc) is 2.56. The first-order chi connectivity index (χ1) is 13.2. The minimum atomic E-state index is -0.419. The Morgan fingerprint density at radius 2 is 2.04 bits per heavy atom. The van der Waals surface area contributed by atoms with Crippen LogP contribution in [0.2, 0.25) is 0 Å². The van der Waals surface area contributed by atoms with Gasteiger partial charge in [-0.05, 0) is 44.3 Å². The van der Waals surface area contributed by atoms with Crippen molar-refractivity contribution in [1.82, 2.24) is 10.6 Å². The highest BCUT2D eigenvalue weighted by Crippen LogP contribution is 2.31. The Morgan fingerprint density at radius 3 is 2.57 bits per heavy atom. The SMILES string of the molecule is C=C/C=C(\C=C/N)Sc1ccc(N=C(N)C=C(NC(=C)N)NC(C)C)cc1F. The van der Waals surface area contributed by atoms with Crippen molar-refractivity contribution in [2.45, 2.75) is 24.8 Å². The lowest BCUT2D eigenvalue weighted by molar-refractivity contribution is 0.602. The topological polar surface area (TPSA) is 114 Å². The van der Waals surface area contributed by atoms with E-state index >= 15 is 0 Å². The van der Waals surface area contributed by atoms with Gasteiger partial charge >= 0.3 is 0 Å². The number of rotatable bonds is 10. The van der Waals surface area contributed by atoms with Crippen molar-refractivity contribution in [1.29, 1.82) is 0 Å². The first-order valence-corrected chi connectivity index (χ1v) is 9.29. The van der Waals surface area contributed by atoms with Crippen LogP contribution in [-0.4, -0.2) is 11.9 Å². The number of thioether (sulfide) groups is 1. The summed E-state index contributed by atoms with van der Waals surface area (Å²) in [5.74, 6) is 0.561. The van der Waals surface area contributed by atoms with Crippen molar-refractivity contribution in [2.75, 3.05) is 0 Å². The summed E-state index contributed by atoms with van der Waals surface area (Å²) in [6.45, 7) is 11.2. The number of nitrogens with one attached hydrogen (secondary N) is 2. The molecule has 0 heterocycles. The molecule has 0 radical (unpaired) electrons. The van der Waals surface area contributed by atoms with E-state index in [1.807, 2.05) is 13.8 Å². The minimum absolute atomic E-state index is 0.139. The molecule has 1 aromatic carbocycles. The Hall–Kier alpha value is -3.13. The molecule has 0 amide bonds. The first kappa shape index (κ1) is 22.9. The lowest BCUT2D eigenvalue weighted by Gasteiger charge is -2.15. The van der Waals surface area contributed by atoms with Crippen LogP contribution < -0.4 is 27.8 Å². The van der Waals surface area contributed by atoms with E-state index < -0.39 is 5.82 Å². The molecule has 0 aliphatic carbocycles. The maximum absolute atomic E-state index is 14.4. The molecule has 0 aliphatic rings. The number of hydrogen-bond donors (Lipinski definition) is 5. The van der Waals surface area contributed by atoms with Gasteiger partial charge in [0.2, 0.25) is 0 Å². The van der Waals surface area contributed by atoms with E-state index in [4.69, 9.17) is 17.2 Å². The molecule has 0 unspecified atom stereocenters. The molecule has 6 nitrogen and oxygen atoms in total. The van der Waals surface area contributed by atoms with Crippen molar-refractivity contribution in [2.24, 2.45) is 22.2 Å². The molecule has 0 bridgehead atoms. The Labute approximate surface area is 169 Å². The van der Waals surface area contributed by atoms with Gasteiger partial charge in [0.05, 0.1) is 11.5 Å². The largest absolute Gasteiger partial charge is 0.405 e. The van der Waals surface area contributed by atoms with Crippen LogP contribution in [0.25, 0.3) is 0 Å². The van der Waals surface area contributed by atoms with Crippen molar-refractivity contribution >= 4 is 23.3 Å². The third-order valence-corrected chi connectivity index (χ3v) is 4.03. The highest BCUT2D eigenvalue weighted by molar-refractivity contribution is 8.03. The average molecular weight is 403 g/mol. The van der Waals surface area contributed by atoms with Crippen molar-refractivity contribution in [3.05, 3.63) is 84.2 Å². The van der Waals surface area contributed by atoms with E-state index in [1.165, 1.54) is 24.0 Å². The zero-order valence-electron chi connectivity index (χ0n) is 16.1. The molecular formula is C20H27FN6S. The monoisotopic (exact) mass is 402 g/mol. The quantitative estimate of drug-likeness (QED) is 0.178. The maximum Gasteiger partial charge on any atom is 0.139 e. The van der Waals surface area contributed by atoms with Crippen LogP contribution in [0.1, 0.15) is 13.8 Å². The Balaban J connectivity index is 3.06. The van der Waals surface area contributed by atoms with E-state index in [0.29, 0.717) is 16.4 Å². The van der Waals surface area contributed by atoms with E-state index in [1.54, 1.807) is 36.4 Å². The molecule has 1 aromatic rings. The van der Waals surface area contributed by atoms with E-state index in [2.05, 4.69) is 28.8 Å². The molecule has 0 atom stereocenters. The molecule has 0 saturated carbocycles. The molecule has 8 N–H and O–H groups in total. The number of aliphatic imine (C=N–C) groups is 1. The first-order valence-electron chi connectivity index (χ1n) is 8.47. The normalized spacial score (nSPS) is 13.1. The molecular weight excluding hydrogens is 375 g/mol. The van der Waals surface area contributed by atoms with Gasteiger partial charge < -0.3 is 27.8 Å². The molecule has 8 heteroatoms. The summed E-state index contributed by atoms with van der Waals surface area (Å²) in [6.07, 6.45) is 7.97. The van der Waals surface area contributed by atoms with Crippen LogP contribution in [0.3, 0.4) is 0 Å². The number of allylic oxidation sites excluding steroid dienone is 3. The smallest absolute Gasteiger partial charge is 0.139 e. The van der Waals surface area contributed by atoms with Gasteiger partial charge in [0.1, 0.15) is 17.5 Å². The molecule has 0 saturated heterocycles. The van der Waals surface area contributed by atoms with E-state index in [-0.39, 0.29) is 17.7 Å². The highest BCUT2D eigenvalue weighted by atomic mass is 32.2. The maximum atomic E-state index is 14.4. The number of nitrogens with two attached hydrogens (primary N) is 3. The number of benzene rings is 1. The van der Waals surface area contributed by atoms with Crippen LogP contribution in [0.15, 0.2) is 88.3 Å². The summed E-state index contributed by atoms with van der Waals surface area (Å²) in [4.78, 5) is 5.41. The lowest BCUT2D eigenvalue weighted by Crippen LogP contribution is -2.34. The fourth-order valence-corrected chi connectivity index (χ4v) is 2.89. The Morgan fingerprint density at radius 1 is 1.32 bits per heavy atom. The van der Waals surface area contributed by atoms with Gasteiger partial charge in [-0.3, -0.25) is 0 Å². The van der Waals surface area contributed by atoms with Crippen molar-refractivity contribution in [3.63, 3.8) is 0 Å². The van der Waals surface area contributed by atoms with Gasteiger partial charge in [0, 0.05) is 28.0 Å². The number of amidine groups is 1. The number of nitrogens with zero attached hydrogens (tertiary/aromatic N) is 1. The summed E-state index contributed by atoms with van der Waals surface area (Å²) in [5, 5.41) is 5.99. The summed E-state index contributed by atoms with van der Waals surface area (Å²) in [7, 11) is 0. The van der Waals surface area contributed by atoms with Gasteiger partial charge in [-0.2, -0.15) is 0 Å². The summed E-state index contributed by atoms with van der Waals surface area (Å²) in [6, 6.07) is 4.75. The second-order valence-corrected chi connectivity index (χ2v) is 7.04. The summed E-state index contributed by atoms with van der Waals surface area (Å²) >= 11 is 1.23. The summed E-state index contributed by atoms with van der Waals surface area (Å²) in [5.41, 5.74) is 17.3. The zero-order valence-corrected chi connectivity index (χ0v) is 16.9. The minimum Gasteiger partial charge on any atom is -0.405 e. The molecule has 28 heavy (non-hydrogen) atoms. The molecule has 0 aromatic heterocycles. The summed E-state index contributed by atoms with van der Waals surface area (Å²) < 4.78 is 14.4. The number of hydrogen-bond acceptors (Lipinski definition) is 6. The standard InChI is InChI=1S/C20H27FN6S/c1-5-6-16(9-10-22)28-18-8-7-15(11-17(18)21)27-19(24)12-20(25-13(2)3)26-14(4)23/h5-13,25-26H,1,4,22-23H2,2-3H3,(H2,24,27)/b10-9-,16-6+,20-12?. The van der Waals surface area contributed by atoms with Crippen LogP contribution in [0.5, 0.6) is 0 Å². The van der Waals surface area contributed by atoms with Crippen LogP contribution >= 0.6 is 11.8 Å². The predicted molar refractivity (Wildman–Crippen MR) is 118 cm³/mol. The molecule has 0 aliphatic heterocycles. The second kappa shape index (κ2) is 11.6. The van der Waals surface area contributed by atoms with Gasteiger partial charge in [-0.15, -0.1) is 0 Å². The fraction of sp³-hybridized carbons (Fsp3) is 0.150. The highest BCUT2D eigenvalue weighted by Gasteiger charge is 2.07. The van der Waals surface area contributed by atoms with Crippen molar-refractivity contribution < 1.29 is 4.39 Å². The lowest BCUT2D eigenvalue weighted by atomic mass is 10.3. The Bertz CT molecular complexity index is 824. The molecule has 0 spiro atoms. The van der Waals surface area contributed by atoms with Gasteiger partial charge in [0.25, 0.3) is 0 Å². The third-order valence-electron chi connectivity index (χ3n) is 2.98. The second-order valence-electron chi connectivity index (χ2n) is 5.92.